The highest BCUT2D eigenvalue weighted by Crippen LogP contribution is 2.32. The molecule has 92 valence electrons. The predicted octanol–water partition coefficient (Wildman–Crippen LogP) is 2.15. The van der Waals surface area contributed by atoms with Crippen LogP contribution in [0.3, 0.4) is 0 Å². The van der Waals surface area contributed by atoms with E-state index >= 15 is 0 Å². The Morgan fingerprint density at radius 3 is 2.88 bits per heavy atom. The van der Waals surface area contributed by atoms with Crippen LogP contribution in [0.1, 0.15) is 6.42 Å². The van der Waals surface area contributed by atoms with Gasteiger partial charge in [-0.15, -0.1) is 0 Å². The molecule has 1 aliphatic rings. The number of amides is 1. The summed E-state index contributed by atoms with van der Waals surface area (Å²) in [5.74, 6) is 2.28. The van der Waals surface area contributed by atoms with E-state index in [1.54, 1.807) is 17.8 Å². The zero-order valence-corrected chi connectivity index (χ0v) is 10.5. The molecule has 0 saturated heterocycles. The zero-order valence-electron chi connectivity index (χ0n) is 9.69. The molecule has 0 aliphatic carbocycles. The highest BCUT2D eigenvalue weighted by atomic mass is 32.2. The molecule has 1 amide bonds. The first kappa shape index (κ1) is 12.1. The van der Waals surface area contributed by atoms with E-state index < -0.39 is 0 Å². The van der Waals surface area contributed by atoms with Crippen LogP contribution in [0.2, 0.25) is 0 Å². The van der Waals surface area contributed by atoms with Crippen molar-refractivity contribution in [2.75, 3.05) is 30.5 Å². The number of carbonyl (C=O) groups excluding carboxylic acids is 1. The van der Waals surface area contributed by atoms with Gasteiger partial charge in [-0.25, -0.2) is 0 Å². The van der Waals surface area contributed by atoms with Crippen LogP contribution in [0.4, 0.5) is 5.69 Å². The van der Waals surface area contributed by atoms with Gasteiger partial charge in [0.2, 0.25) is 5.91 Å². The summed E-state index contributed by atoms with van der Waals surface area (Å²) >= 11 is 1.66. The van der Waals surface area contributed by atoms with Crippen LogP contribution in [-0.4, -0.2) is 31.1 Å². The van der Waals surface area contributed by atoms with Gasteiger partial charge in [0.25, 0.3) is 0 Å². The highest BCUT2D eigenvalue weighted by Gasteiger charge is 2.12. The zero-order chi connectivity index (χ0) is 12.1. The molecule has 4 nitrogen and oxygen atoms in total. The Labute approximate surface area is 105 Å². The minimum Gasteiger partial charge on any atom is -0.486 e. The van der Waals surface area contributed by atoms with Crippen molar-refractivity contribution >= 4 is 23.4 Å². The van der Waals surface area contributed by atoms with E-state index in [0.717, 1.165) is 17.2 Å². The summed E-state index contributed by atoms with van der Waals surface area (Å²) in [5, 5.41) is 2.84. The Morgan fingerprint density at radius 2 is 2.12 bits per heavy atom. The number of rotatable bonds is 4. The third kappa shape index (κ3) is 3.30. The fraction of sp³-hybridized carbons (Fsp3) is 0.417. The van der Waals surface area contributed by atoms with Gasteiger partial charge < -0.3 is 14.8 Å². The first-order chi connectivity index (χ1) is 8.29. The second kappa shape index (κ2) is 5.82. The van der Waals surface area contributed by atoms with E-state index in [0.29, 0.717) is 25.4 Å². The second-order valence-corrected chi connectivity index (χ2v) is 4.64. The molecule has 0 saturated carbocycles. The van der Waals surface area contributed by atoms with Gasteiger partial charge in [0.15, 0.2) is 11.5 Å². The third-order valence-corrected chi connectivity index (χ3v) is 2.97. The Bertz CT molecular complexity index is 409. The molecule has 2 rings (SSSR count). The van der Waals surface area contributed by atoms with Gasteiger partial charge in [0, 0.05) is 23.9 Å². The Hall–Kier alpha value is -1.36. The first-order valence-corrected chi connectivity index (χ1v) is 6.87. The standard InChI is InChI=1S/C12H15NO3S/c1-17-7-4-12(14)13-9-2-3-10-11(8-9)16-6-5-15-10/h2-3,8H,4-7H2,1H3,(H,13,14). The van der Waals surface area contributed by atoms with Crippen molar-refractivity contribution in [2.24, 2.45) is 0 Å². The summed E-state index contributed by atoms with van der Waals surface area (Å²) in [6.07, 6.45) is 2.51. The van der Waals surface area contributed by atoms with E-state index in [-0.39, 0.29) is 5.91 Å². The fourth-order valence-electron chi connectivity index (χ4n) is 1.54. The van der Waals surface area contributed by atoms with E-state index in [2.05, 4.69) is 5.32 Å². The smallest absolute Gasteiger partial charge is 0.225 e. The fourth-order valence-corrected chi connectivity index (χ4v) is 1.93. The largest absolute Gasteiger partial charge is 0.486 e. The molecule has 1 heterocycles. The molecule has 0 bridgehead atoms. The minimum atomic E-state index is 0.0241. The van der Waals surface area contributed by atoms with Crippen molar-refractivity contribution in [3.05, 3.63) is 18.2 Å². The molecular formula is C12H15NO3S. The number of benzene rings is 1. The molecule has 0 spiro atoms. The lowest BCUT2D eigenvalue weighted by molar-refractivity contribution is -0.115. The maximum atomic E-state index is 11.5. The second-order valence-electron chi connectivity index (χ2n) is 3.65. The van der Waals surface area contributed by atoms with Gasteiger partial charge in [-0.2, -0.15) is 11.8 Å². The summed E-state index contributed by atoms with van der Waals surface area (Å²) < 4.78 is 10.9. The molecule has 0 aromatic heterocycles. The molecule has 0 unspecified atom stereocenters. The molecular weight excluding hydrogens is 238 g/mol. The molecule has 0 fully saturated rings. The number of thioether (sulfide) groups is 1. The van der Waals surface area contributed by atoms with Gasteiger partial charge in [-0.05, 0) is 18.4 Å². The third-order valence-electron chi connectivity index (χ3n) is 2.36. The van der Waals surface area contributed by atoms with Gasteiger partial charge in [0.05, 0.1) is 0 Å². The number of hydrogen-bond donors (Lipinski definition) is 1. The molecule has 1 aliphatic heterocycles. The summed E-state index contributed by atoms with van der Waals surface area (Å²) in [7, 11) is 0. The maximum absolute atomic E-state index is 11.5. The molecule has 5 heteroatoms. The number of anilines is 1. The van der Waals surface area contributed by atoms with E-state index in [1.807, 2.05) is 18.4 Å². The number of ether oxygens (including phenoxy) is 2. The Morgan fingerprint density at radius 1 is 1.35 bits per heavy atom. The van der Waals surface area contributed by atoms with Crippen LogP contribution in [0.25, 0.3) is 0 Å². The number of carbonyl (C=O) groups is 1. The molecule has 0 atom stereocenters. The lowest BCUT2D eigenvalue weighted by Gasteiger charge is -2.18. The molecule has 1 aromatic carbocycles. The van der Waals surface area contributed by atoms with Gasteiger partial charge in [-0.1, -0.05) is 0 Å². The topological polar surface area (TPSA) is 47.6 Å². The van der Waals surface area contributed by atoms with Crippen molar-refractivity contribution in [3.8, 4) is 11.5 Å². The minimum absolute atomic E-state index is 0.0241. The Balaban J connectivity index is 1.99. The highest BCUT2D eigenvalue weighted by molar-refractivity contribution is 7.98. The lowest BCUT2D eigenvalue weighted by atomic mass is 10.2. The van der Waals surface area contributed by atoms with Crippen LogP contribution in [0.5, 0.6) is 11.5 Å². The van der Waals surface area contributed by atoms with Crippen LogP contribution >= 0.6 is 11.8 Å². The predicted molar refractivity (Wildman–Crippen MR) is 69.1 cm³/mol. The number of hydrogen-bond acceptors (Lipinski definition) is 4. The summed E-state index contributed by atoms with van der Waals surface area (Å²) in [6, 6.07) is 5.44. The lowest BCUT2D eigenvalue weighted by Crippen LogP contribution is -2.16. The quantitative estimate of drug-likeness (QED) is 0.893. The Kier molecular flexibility index (Phi) is 4.14. The van der Waals surface area contributed by atoms with Crippen molar-refractivity contribution in [1.82, 2.24) is 0 Å². The molecule has 17 heavy (non-hydrogen) atoms. The molecule has 1 N–H and O–H groups in total. The number of fused-ring (bicyclic) bond motifs is 1. The molecule has 0 radical (unpaired) electrons. The van der Waals surface area contributed by atoms with Crippen molar-refractivity contribution in [1.29, 1.82) is 0 Å². The van der Waals surface area contributed by atoms with Crippen LogP contribution in [0, 0.1) is 0 Å². The first-order valence-electron chi connectivity index (χ1n) is 5.48. The monoisotopic (exact) mass is 253 g/mol. The van der Waals surface area contributed by atoms with E-state index in [4.69, 9.17) is 9.47 Å². The van der Waals surface area contributed by atoms with E-state index in [1.165, 1.54) is 0 Å². The van der Waals surface area contributed by atoms with Gasteiger partial charge >= 0.3 is 0 Å². The normalized spacial score (nSPS) is 13.2. The number of nitrogens with one attached hydrogen (secondary N) is 1. The van der Waals surface area contributed by atoms with Gasteiger partial charge in [-0.3, -0.25) is 4.79 Å². The van der Waals surface area contributed by atoms with Crippen LogP contribution in [-0.2, 0) is 4.79 Å². The average molecular weight is 253 g/mol. The maximum Gasteiger partial charge on any atom is 0.225 e. The molecule has 1 aromatic rings. The van der Waals surface area contributed by atoms with Crippen molar-refractivity contribution in [2.45, 2.75) is 6.42 Å². The van der Waals surface area contributed by atoms with Crippen molar-refractivity contribution < 1.29 is 14.3 Å². The summed E-state index contributed by atoms with van der Waals surface area (Å²) in [5.41, 5.74) is 0.750. The van der Waals surface area contributed by atoms with E-state index in [9.17, 15) is 4.79 Å². The SMILES string of the molecule is CSCCC(=O)Nc1ccc2c(c1)OCCO2. The summed E-state index contributed by atoms with van der Waals surface area (Å²) in [4.78, 5) is 11.5. The van der Waals surface area contributed by atoms with Crippen molar-refractivity contribution in [3.63, 3.8) is 0 Å². The van der Waals surface area contributed by atoms with Crippen LogP contribution < -0.4 is 14.8 Å². The average Bonchev–Trinajstić information content (AvgIpc) is 2.36. The van der Waals surface area contributed by atoms with Gasteiger partial charge in [0.1, 0.15) is 13.2 Å². The van der Waals surface area contributed by atoms with Crippen LogP contribution in [0.15, 0.2) is 18.2 Å². The summed E-state index contributed by atoms with van der Waals surface area (Å²) in [6.45, 7) is 1.13.